The van der Waals surface area contributed by atoms with Crippen molar-refractivity contribution < 1.29 is 19.5 Å². The number of hydrogen-bond acceptors (Lipinski definition) is 3. The normalized spacial score (nSPS) is 19.6. The highest BCUT2D eigenvalue weighted by Gasteiger charge is 2.34. The number of carboxylic acid groups (broad SMARTS) is 1. The van der Waals surface area contributed by atoms with E-state index in [9.17, 15) is 14.4 Å². The summed E-state index contributed by atoms with van der Waals surface area (Å²) in [6.07, 6.45) is 0.565. The molecule has 5 nitrogen and oxygen atoms in total. The Morgan fingerprint density at radius 1 is 1.26 bits per heavy atom. The number of rotatable bonds is 4. The third-order valence-corrected chi connectivity index (χ3v) is 3.26. The number of benzene rings is 1. The fourth-order valence-electron chi connectivity index (χ4n) is 2.27. The summed E-state index contributed by atoms with van der Waals surface area (Å²) < 4.78 is 0. The van der Waals surface area contributed by atoms with Crippen LogP contribution in [0.2, 0.25) is 0 Å². The van der Waals surface area contributed by atoms with E-state index in [2.05, 4.69) is 0 Å². The van der Waals surface area contributed by atoms with E-state index in [4.69, 9.17) is 5.11 Å². The fourth-order valence-corrected chi connectivity index (χ4v) is 2.27. The van der Waals surface area contributed by atoms with Crippen LogP contribution in [-0.4, -0.2) is 34.3 Å². The van der Waals surface area contributed by atoms with Gasteiger partial charge in [0.1, 0.15) is 0 Å². The first-order valence-electron chi connectivity index (χ1n) is 6.20. The van der Waals surface area contributed by atoms with Crippen LogP contribution in [0.15, 0.2) is 30.3 Å². The van der Waals surface area contributed by atoms with Gasteiger partial charge in [-0.25, -0.2) is 0 Å². The van der Waals surface area contributed by atoms with E-state index < -0.39 is 5.97 Å². The molecule has 0 saturated carbocycles. The van der Waals surface area contributed by atoms with Gasteiger partial charge in [-0.1, -0.05) is 30.3 Å². The van der Waals surface area contributed by atoms with Crippen LogP contribution >= 0.6 is 0 Å². The monoisotopic (exact) mass is 261 g/mol. The third-order valence-electron chi connectivity index (χ3n) is 3.26. The Morgan fingerprint density at radius 3 is 2.58 bits per heavy atom. The molecule has 5 heteroatoms. The standard InChI is InChI=1S/C14H15NO4/c16-12-7-6-11(10-4-2-1-3-5-10)14(19)15(12)9-8-13(17)18/h1-5,11H,6-9H2,(H,17,18). The number of piperidine rings is 1. The van der Waals surface area contributed by atoms with E-state index in [1.807, 2.05) is 30.3 Å². The van der Waals surface area contributed by atoms with Gasteiger partial charge in [0.2, 0.25) is 11.8 Å². The molecular weight excluding hydrogens is 246 g/mol. The number of nitrogens with zero attached hydrogens (tertiary/aromatic N) is 1. The molecular formula is C14H15NO4. The molecule has 0 aromatic heterocycles. The van der Waals surface area contributed by atoms with Gasteiger partial charge in [0.15, 0.2) is 0 Å². The van der Waals surface area contributed by atoms with E-state index in [1.54, 1.807) is 0 Å². The second-order valence-electron chi connectivity index (χ2n) is 4.53. The smallest absolute Gasteiger partial charge is 0.305 e. The molecule has 0 bridgehead atoms. The van der Waals surface area contributed by atoms with Crippen molar-refractivity contribution >= 4 is 17.8 Å². The third kappa shape index (κ3) is 2.99. The van der Waals surface area contributed by atoms with Crippen molar-refractivity contribution in [1.29, 1.82) is 0 Å². The zero-order valence-electron chi connectivity index (χ0n) is 10.4. The Morgan fingerprint density at radius 2 is 1.95 bits per heavy atom. The van der Waals surface area contributed by atoms with Gasteiger partial charge in [-0.2, -0.15) is 0 Å². The number of imide groups is 1. The molecule has 1 aliphatic rings. The molecule has 0 spiro atoms. The van der Waals surface area contributed by atoms with Crippen molar-refractivity contribution in [2.24, 2.45) is 0 Å². The number of amides is 2. The highest BCUT2D eigenvalue weighted by atomic mass is 16.4. The molecule has 1 heterocycles. The predicted octanol–water partition coefficient (Wildman–Crippen LogP) is 1.39. The van der Waals surface area contributed by atoms with Crippen LogP contribution in [0, 0.1) is 0 Å². The first kappa shape index (κ1) is 13.3. The molecule has 1 atom stereocenters. The Labute approximate surface area is 110 Å². The van der Waals surface area contributed by atoms with Crippen molar-refractivity contribution in [3.8, 4) is 0 Å². The maximum absolute atomic E-state index is 12.3. The maximum Gasteiger partial charge on any atom is 0.305 e. The lowest BCUT2D eigenvalue weighted by Crippen LogP contribution is -2.45. The van der Waals surface area contributed by atoms with Gasteiger partial charge < -0.3 is 5.11 Å². The number of carbonyl (C=O) groups is 3. The summed E-state index contributed by atoms with van der Waals surface area (Å²) in [5.41, 5.74) is 0.875. The molecule has 1 saturated heterocycles. The summed E-state index contributed by atoms with van der Waals surface area (Å²) >= 11 is 0. The van der Waals surface area contributed by atoms with E-state index in [0.29, 0.717) is 6.42 Å². The second kappa shape index (κ2) is 5.65. The molecule has 2 rings (SSSR count). The van der Waals surface area contributed by atoms with Crippen LogP contribution in [-0.2, 0) is 14.4 Å². The topological polar surface area (TPSA) is 74.7 Å². The molecule has 19 heavy (non-hydrogen) atoms. The number of hydrogen-bond donors (Lipinski definition) is 1. The quantitative estimate of drug-likeness (QED) is 0.831. The van der Waals surface area contributed by atoms with Gasteiger partial charge in [-0.3, -0.25) is 19.3 Å². The van der Waals surface area contributed by atoms with Gasteiger partial charge in [-0.15, -0.1) is 0 Å². The summed E-state index contributed by atoms with van der Waals surface area (Å²) in [5, 5.41) is 8.65. The number of aliphatic carboxylic acids is 1. The van der Waals surface area contributed by atoms with Crippen molar-refractivity contribution in [2.45, 2.75) is 25.2 Å². The average molecular weight is 261 g/mol. The fraction of sp³-hybridized carbons (Fsp3) is 0.357. The highest BCUT2D eigenvalue weighted by molar-refractivity contribution is 6.01. The number of carbonyl (C=O) groups excluding carboxylic acids is 2. The number of carboxylic acids is 1. The minimum absolute atomic E-state index is 0.0453. The predicted molar refractivity (Wildman–Crippen MR) is 67.4 cm³/mol. The van der Waals surface area contributed by atoms with Gasteiger partial charge in [-0.05, 0) is 12.0 Å². The van der Waals surface area contributed by atoms with E-state index in [0.717, 1.165) is 10.5 Å². The van der Waals surface area contributed by atoms with Crippen molar-refractivity contribution in [3.63, 3.8) is 0 Å². The van der Waals surface area contributed by atoms with Crippen LogP contribution in [0.25, 0.3) is 0 Å². The van der Waals surface area contributed by atoms with E-state index in [1.165, 1.54) is 0 Å². The van der Waals surface area contributed by atoms with Crippen molar-refractivity contribution in [1.82, 2.24) is 4.90 Å². The average Bonchev–Trinajstić information content (AvgIpc) is 2.39. The molecule has 1 aromatic carbocycles. The summed E-state index contributed by atoms with van der Waals surface area (Å²) in [6.45, 7) is -0.0453. The molecule has 1 aliphatic heterocycles. The largest absolute Gasteiger partial charge is 0.481 e. The Kier molecular flexibility index (Phi) is 3.94. The van der Waals surface area contributed by atoms with E-state index in [-0.39, 0.29) is 37.1 Å². The minimum atomic E-state index is -1.01. The van der Waals surface area contributed by atoms with Crippen LogP contribution in [0.5, 0.6) is 0 Å². The summed E-state index contributed by atoms with van der Waals surface area (Å²) in [5.74, 6) is -1.92. The van der Waals surface area contributed by atoms with Gasteiger partial charge >= 0.3 is 5.97 Å². The number of likely N-dealkylation sites (tertiary alicyclic amines) is 1. The van der Waals surface area contributed by atoms with Crippen LogP contribution in [0.1, 0.15) is 30.7 Å². The lowest BCUT2D eigenvalue weighted by atomic mass is 9.89. The second-order valence-corrected chi connectivity index (χ2v) is 4.53. The van der Waals surface area contributed by atoms with Crippen molar-refractivity contribution in [2.75, 3.05) is 6.54 Å². The SMILES string of the molecule is O=C(O)CCN1C(=O)CCC(c2ccccc2)C1=O. The molecule has 100 valence electrons. The van der Waals surface area contributed by atoms with E-state index >= 15 is 0 Å². The van der Waals surface area contributed by atoms with Gasteiger partial charge in [0.05, 0.1) is 12.3 Å². The van der Waals surface area contributed by atoms with Gasteiger partial charge in [0.25, 0.3) is 0 Å². The molecule has 2 amide bonds. The zero-order chi connectivity index (χ0) is 13.8. The first-order chi connectivity index (χ1) is 9.09. The van der Waals surface area contributed by atoms with Crippen LogP contribution in [0.3, 0.4) is 0 Å². The molecule has 1 N–H and O–H groups in total. The van der Waals surface area contributed by atoms with Crippen molar-refractivity contribution in [3.05, 3.63) is 35.9 Å². The molecule has 1 unspecified atom stereocenters. The van der Waals surface area contributed by atoms with Crippen LogP contribution in [0.4, 0.5) is 0 Å². The lowest BCUT2D eigenvalue weighted by Gasteiger charge is -2.30. The lowest BCUT2D eigenvalue weighted by molar-refractivity contribution is -0.150. The summed E-state index contributed by atoms with van der Waals surface area (Å²) in [4.78, 5) is 35.6. The maximum atomic E-state index is 12.3. The zero-order valence-corrected chi connectivity index (χ0v) is 10.4. The molecule has 1 fully saturated rings. The highest BCUT2D eigenvalue weighted by Crippen LogP contribution is 2.28. The molecule has 0 radical (unpaired) electrons. The van der Waals surface area contributed by atoms with Crippen LogP contribution < -0.4 is 0 Å². The summed E-state index contributed by atoms with van der Waals surface area (Å²) in [7, 11) is 0. The molecule has 0 aliphatic carbocycles. The minimum Gasteiger partial charge on any atom is -0.481 e. The van der Waals surface area contributed by atoms with Gasteiger partial charge in [0, 0.05) is 13.0 Å². The Balaban J connectivity index is 2.14. The Bertz CT molecular complexity index is 497. The Hall–Kier alpha value is -2.17. The molecule has 1 aromatic rings. The summed E-state index contributed by atoms with van der Waals surface area (Å²) in [6, 6.07) is 9.27. The first-order valence-corrected chi connectivity index (χ1v) is 6.20.